The maximum absolute atomic E-state index is 12.4. The summed E-state index contributed by atoms with van der Waals surface area (Å²) in [5.74, 6) is 3.21. The normalized spacial score (nSPS) is 16.2. The first kappa shape index (κ1) is 21.8. The Morgan fingerprint density at radius 3 is 2.70 bits per heavy atom. The van der Waals surface area contributed by atoms with Crippen molar-refractivity contribution in [2.45, 2.75) is 20.4 Å². The lowest BCUT2D eigenvalue weighted by Crippen LogP contribution is -2.44. The van der Waals surface area contributed by atoms with Gasteiger partial charge in [-0.2, -0.15) is 11.8 Å². The number of sulfonamides is 1. The quantitative estimate of drug-likeness (QED) is 0.495. The van der Waals surface area contributed by atoms with E-state index in [1.54, 1.807) is 23.2 Å². The molecule has 9 heteroatoms. The van der Waals surface area contributed by atoms with Crippen molar-refractivity contribution in [2.75, 3.05) is 50.5 Å². The fourth-order valence-corrected chi connectivity index (χ4v) is 5.23. The highest BCUT2D eigenvalue weighted by atomic mass is 32.2. The molecule has 1 fully saturated rings. The van der Waals surface area contributed by atoms with Crippen molar-refractivity contribution in [1.82, 2.24) is 14.9 Å². The number of aryl methyl sites for hydroxylation is 1. The van der Waals surface area contributed by atoms with E-state index in [-0.39, 0.29) is 5.75 Å². The molecule has 0 radical (unpaired) electrons. The zero-order valence-corrected chi connectivity index (χ0v) is 18.0. The highest BCUT2D eigenvalue weighted by Crippen LogP contribution is 2.20. The van der Waals surface area contributed by atoms with E-state index in [2.05, 4.69) is 15.6 Å². The number of guanidine groups is 1. The molecule has 0 aliphatic carbocycles. The zero-order valence-electron chi connectivity index (χ0n) is 16.3. The van der Waals surface area contributed by atoms with E-state index >= 15 is 0 Å². The van der Waals surface area contributed by atoms with Gasteiger partial charge in [-0.15, -0.1) is 0 Å². The standard InChI is InChI=1S/C18H30N4O3S2/c1-4-19-18(21-14-16-6-5-15(2)13-17(16)25-3)20-7-12-27(23,24)22-8-10-26-11-9-22/h5-6,13H,4,7-12,14H2,1-3H3,(H2,19,20,21). The minimum absolute atomic E-state index is 0.0654. The Hall–Kier alpha value is -1.45. The van der Waals surface area contributed by atoms with Crippen LogP contribution in [-0.4, -0.2) is 69.2 Å². The van der Waals surface area contributed by atoms with Gasteiger partial charge in [0.05, 0.1) is 19.4 Å². The SMILES string of the molecule is CCNC(=NCc1ccc(C)cc1OC)NCCS(=O)(=O)N1CCSCC1. The molecule has 0 atom stereocenters. The number of hydrogen-bond acceptors (Lipinski definition) is 5. The van der Waals surface area contributed by atoms with Crippen LogP contribution in [0, 0.1) is 6.92 Å². The summed E-state index contributed by atoms with van der Waals surface area (Å²) >= 11 is 1.80. The lowest BCUT2D eigenvalue weighted by Gasteiger charge is -2.25. The fourth-order valence-electron chi connectivity index (χ4n) is 2.74. The molecule has 0 aromatic heterocycles. The smallest absolute Gasteiger partial charge is 0.215 e. The Kier molecular flexibility index (Phi) is 8.72. The van der Waals surface area contributed by atoms with Gasteiger partial charge in [-0.05, 0) is 25.5 Å². The average Bonchev–Trinajstić information content (AvgIpc) is 2.67. The first-order valence-electron chi connectivity index (χ1n) is 9.17. The molecule has 1 aromatic rings. The molecule has 152 valence electrons. The molecule has 1 aliphatic heterocycles. The summed E-state index contributed by atoms with van der Waals surface area (Å²) < 4.78 is 31.8. The third-order valence-corrected chi connectivity index (χ3v) is 7.02. The highest BCUT2D eigenvalue weighted by molar-refractivity contribution is 7.99. The van der Waals surface area contributed by atoms with Crippen molar-refractivity contribution < 1.29 is 13.2 Å². The van der Waals surface area contributed by atoms with Gasteiger partial charge in [-0.3, -0.25) is 0 Å². The van der Waals surface area contributed by atoms with Gasteiger partial charge in [0.2, 0.25) is 10.0 Å². The summed E-state index contributed by atoms with van der Waals surface area (Å²) in [5, 5.41) is 6.28. The summed E-state index contributed by atoms with van der Waals surface area (Å²) in [6.07, 6.45) is 0. The molecule has 7 nitrogen and oxygen atoms in total. The van der Waals surface area contributed by atoms with Gasteiger partial charge in [0, 0.05) is 43.2 Å². The minimum Gasteiger partial charge on any atom is -0.496 e. The molecule has 0 unspecified atom stereocenters. The van der Waals surface area contributed by atoms with Gasteiger partial charge in [0.25, 0.3) is 0 Å². The van der Waals surface area contributed by atoms with Crippen LogP contribution in [-0.2, 0) is 16.6 Å². The van der Waals surface area contributed by atoms with Crippen LogP contribution in [0.1, 0.15) is 18.1 Å². The van der Waals surface area contributed by atoms with Crippen LogP contribution in [0.5, 0.6) is 5.75 Å². The maximum Gasteiger partial charge on any atom is 0.215 e. The molecule has 0 spiro atoms. The molecule has 1 aromatic carbocycles. The predicted molar refractivity (Wildman–Crippen MR) is 113 cm³/mol. The van der Waals surface area contributed by atoms with Gasteiger partial charge < -0.3 is 15.4 Å². The molecule has 1 heterocycles. The average molecular weight is 415 g/mol. The van der Waals surface area contributed by atoms with E-state index in [0.29, 0.717) is 38.7 Å². The molecule has 0 saturated carbocycles. The first-order chi connectivity index (χ1) is 13.0. The number of nitrogens with one attached hydrogen (secondary N) is 2. The van der Waals surface area contributed by atoms with Gasteiger partial charge >= 0.3 is 0 Å². The maximum atomic E-state index is 12.4. The van der Waals surface area contributed by atoms with Crippen molar-refractivity contribution in [2.24, 2.45) is 4.99 Å². The number of thioether (sulfide) groups is 1. The Morgan fingerprint density at radius 2 is 2.04 bits per heavy atom. The molecule has 27 heavy (non-hydrogen) atoms. The largest absolute Gasteiger partial charge is 0.496 e. The van der Waals surface area contributed by atoms with Crippen LogP contribution in [0.15, 0.2) is 23.2 Å². The predicted octanol–water partition coefficient (Wildman–Crippen LogP) is 1.44. The molecular formula is C18H30N4O3S2. The number of aliphatic imine (C=N–C) groups is 1. The summed E-state index contributed by atoms with van der Waals surface area (Å²) in [6, 6.07) is 6.01. The van der Waals surface area contributed by atoms with Crippen LogP contribution in [0.3, 0.4) is 0 Å². The van der Waals surface area contributed by atoms with Crippen molar-refractivity contribution >= 4 is 27.7 Å². The summed E-state index contributed by atoms with van der Waals surface area (Å²) in [5.41, 5.74) is 2.12. The Balaban J connectivity index is 1.93. The van der Waals surface area contributed by atoms with Crippen molar-refractivity contribution in [3.8, 4) is 5.75 Å². The molecule has 2 N–H and O–H groups in total. The van der Waals surface area contributed by atoms with Crippen LogP contribution < -0.4 is 15.4 Å². The monoisotopic (exact) mass is 414 g/mol. The number of hydrogen-bond donors (Lipinski definition) is 2. The van der Waals surface area contributed by atoms with Crippen LogP contribution in [0.2, 0.25) is 0 Å². The Bertz CT molecular complexity index is 732. The minimum atomic E-state index is -3.22. The van der Waals surface area contributed by atoms with E-state index in [0.717, 1.165) is 28.4 Å². The fraction of sp³-hybridized carbons (Fsp3) is 0.611. The number of rotatable bonds is 8. The third kappa shape index (κ3) is 6.90. The molecule has 0 amide bonds. The van der Waals surface area contributed by atoms with Crippen LogP contribution in [0.25, 0.3) is 0 Å². The second-order valence-corrected chi connectivity index (χ2v) is 9.58. The van der Waals surface area contributed by atoms with Crippen molar-refractivity contribution in [3.63, 3.8) is 0 Å². The van der Waals surface area contributed by atoms with Crippen molar-refractivity contribution in [1.29, 1.82) is 0 Å². The number of benzene rings is 1. The second kappa shape index (κ2) is 10.8. The number of ether oxygens (including phenoxy) is 1. The summed E-state index contributed by atoms with van der Waals surface area (Å²) in [7, 11) is -1.57. The van der Waals surface area contributed by atoms with E-state index in [4.69, 9.17) is 4.74 Å². The van der Waals surface area contributed by atoms with E-state index < -0.39 is 10.0 Å². The van der Waals surface area contributed by atoms with E-state index in [1.807, 2.05) is 32.0 Å². The van der Waals surface area contributed by atoms with Gasteiger partial charge in [-0.25, -0.2) is 17.7 Å². The third-order valence-electron chi connectivity index (χ3n) is 4.21. The summed E-state index contributed by atoms with van der Waals surface area (Å²) in [6.45, 7) is 6.68. The van der Waals surface area contributed by atoms with Gasteiger partial charge in [-0.1, -0.05) is 12.1 Å². The topological polar surface area (TPSA) is 83.0 Å². The van der Waals surface area contributed by atoms with E-state index in [9.17, 15) is 8.42 Å². The van der Waals surface area contributed by atoms with Crippen LogP contribution >= 0.6 is 11.8 Å². The van der Waals surface area contributed by atoms with Crippen LogP contribution in [0.4, 0.5) is 0 Å². The van der Waals surface area contributed by atoms with Gasteiger partial charge in [0.15, 0.2) is 5.96 Å². The van der Waals surface area contributed by atoms with E-state index in [1.165, 1.54) is 0 Å². The number of nitrogens with zero attached hydrogens (tertiary/aromatic N) is 2. The Morgan fingerprint density at radius 1 is 1.30 bits per heavy atom. The van der Waals surface area contributed by atoms with Gasteiger partial charge in [0.1, 0.15) is 5.75 Å². The molecule has 1 saturated heterocycles. The zero-order chi connectivity index (χ0) is 19.7. The number of methoxy groups -OCH3 is 1. The first-order valence-corrected chi connectivity index (χ1v) is 11.9. The Labute approximate surface area is 167 Å². The highest BCUT2D eigenvalue weighted by Gasteiger charge is 2.23. The second-order valence-electron chi connectivity index (χ2n) is 6.26. The molecule has 0 bridgehead atoms. The molecule has 1 aliphatic rings. The lowest BCUT2D eigenvalue weighted by atomic mass is 10.1. The molecule has 2 rings (SSSR count). The van der Waals surface area contributed by atoms with Crippen molar-refractivity contribution in [3.05, 3.63) is 29.3 Å². The summed E-state index contributed by atoms with van der Waals surface area (Å²) in [4.78, 5) is 4.56. The molecular weight excluding hydrogens is 384 g/mol. The lowest BCUT2D eigenvalue weighted by molar-refractivity contribution is 0.409.